The minimum absolute atomic E-state index is 0.0129. The van der Waals surface area contributed by atoms with Crippen molar-refractivity contribution < 1.29 is 38.3 Å². The van der Waals surface area contributed by atoms with E-state index in [1.165, 1.54) is 30.4 Å². The second-order valence-corrected chi connectivity index (χ2v) is 12.2. The molecule has 48 heavy (non-hydrogen) atoms. The van der Waals surface area contributed by atoms with Gasteiger partial charge in [-0.15, -0.1) is 0 Å². The molecule has 1 aromatic carbocycles. The molecule has 1 fully saturated rings. The lowest BCUT2D eigenvalue weighted by molar-refractivity contribution is -0.143. The number of ketones is 1. The van der Waals surface area contributed by atoms with Crippen molar-refractivity contribution in [3.8, 4) is 0 Å². The number of aromatic nitrogens is 2. The Balaban J connectivity index is 1.82. The normalized spacial score (nSPS) is 17.5. The molecular weight excluding hydrogens is 622 g/mol. The van der Waals surface area contributed by atoms with E-state index < -0.39 is 65.9 Å². The second-order valence-electron chi connectivity index (χ2n) is 12.2. The lowest BCUT2D eigenvalue weighted by Gasteiger charge is -2.32. The molecule has 1 aliphatic heterocycles. The monoisotopic (exact) mass is 665 g/mol. The number of aldehydes is 1. The van der Waals surface area contributed by atoms with E-state index in [4.69, 9.17) is 4.74 Å². The minimum Gasteiger partial charge on any atom is -0.444 e. The third-order valence-corrected chi connectivity index (χ3v) is 7.86. The molecule has 1 saturated heterocycles. The number of carbonyl (C=O) groups is 7. The number of anilines is 1. The van der Waals surface area contributed by atoms with Crippen molar-refractivity contribution in [1.29, 1.82) is 0 Å². The number of nitrogens with zero attached hydrogens (tertiary/aromatic N) is 3. The summed E-state index contributed by atoms with van der Waals surface area (Å²) in [5.41, 5.74) is 0.525. The quantitative estimate of drug-likeness (QED) is 0.170. The molecule has 0 bridgehead atoms. The number of ether oxygens (including phenoxy) is 1. The molecule has 1 aliphatic rings. The van der Waals surface area contributed by atoms with Crippen LogP contribution in [-0.4, -0.2) is 93.5 Å². The van der Waals surface area contributed by atoms with Crippen LogP contribution < -0.4 is 21.3 Å². The largest absolute Gasteiger partial charge is 0.444 e. The summed E-state index contributed by atoms with van der Waals surface area (Å²) in [6, 6.07) is 2.28. The highest BCUT2D eigenvalue weighted by molar-refractivity contribution is 6.02. The zero-order valence-corrected chi connectivity index (χ0v) is 27.9. The molecule has 0 aliphatic carbocycles. The number of hydrogen-bond donors (Lipinski definition) is 4. The average molecular weight is 666 g/mol. The summed E-state index contributed by atoms with van der Waals surface area (Å²) in [5, 5.41) is 10.5. The van der Waals surface area contributed by atoms with Gasteiger partial charge in [0.25, 0.3) is 5.91 Å². The van der Waals surface area contributed by atoms with Gasteiger partial charge in [-0.2, -0.15) is 0 Å². The van der Waals surface area contributed by atoms with Crippen molar-refractivity contribution in [1.82, 2.24) is 30.8 Å². The summed E-state index contributed by atoms with van der Waals surface area (Å²) in [7, 11) is 0. The first-order valence-corrected chi connectivity index (χ1v) is 15.8. The van der Waals surface area contributed by atoms with Crippen LogP contribution in [-0.2, 0) is 23.9 Å². The van der Waals surface area contributed by atoms with Crippen LogP contribution in [0.15, 0.2) is 42.9 Å². The molecule has 3 rings (SSSR count). The molecule has 0 spiro atoms. The van der Waals surface area contributed by atoms with Gasteiger partial charge in [-0.1, -0.05) is 46.8 Å². The Bertz CT molecular complexity index is 1500. The summed E-state index contributed by atoms with van der Waals surface area (Å²) in [6.07, 6.45) is 3.00. The van der Waals surface area contributed by atoms with Gasteiger partial charge in [-0.3, -0.25) is 34.3 Å². The maximum atomic E-state index is 14.1. The van der Waals surface area contributed by atoms with Crippen molar-refractivity contribution in [2.45, 2.75) is 84.7 Å². The number of benzene rings is 1. The SMILES string of the molecule is CCC(C=O)NC(=O)[C@@H]1C[C@@H](OC(=O)Nc2ccccc2C(C)=O)CN1C(=O)[C@H](NC(=O)[C@H](NC(=O)c1cnccn1)C(C)C)C(C)C. The van der Waals surface area contributed by atoms with E-state index in [1.807, 2.05) is 0 Å². The average Bonchev–Trinajstić information content (AvgIpc) is 3.48. The molecule has 0 radical (unpaired) electrons. The van der Waals surface area contributed by atoms with Crippen LogP contribution in [0.5, 0.6) is 0 Å². The number of hydrogen-bond acceptors (Lipinski definition) is 10. The van der Waals surface area contributed by atoms with Crippen LogP contribution in [0.25, 0.3) is 0 Å². The highest BCUT2D eigenvalue weighted by Gasteiger charge is 2.45. The van der Waals surface area contributed by atoms with Gasteiger partial charge >= 0.3 is 6.09 Å². The fourth-order valence-electron chi connectivity index (χ4n) is 5.18. The van der Waals surface area contributed by atoms with E-state index >= 15 is 0 Å². The van der Waals surface area contributed by atoms with Gasteiger partial charge in [0.1, 0.15) is 36.2 Å². The number of amides is 5. The van der Waals surface area contributed by atoms with Gasteiger partial charge in [-0.05, 0) is 37.3 Å². The summed E-state index contributed by atoms with van der Waals surface area (Å²) >= 11 is 0. The first-order chi connectivity index (χ1) is 22.8. The maximum absolute atomic E-state index is 14.1. The Morgan fingerprint density at radius 1 is 0.979 bits per heavy atom. The van der Waals surface area contributed by atoms with Crippen molar-refractivity contribution in [3.63, 3.8) is 0 Å². The molecule has 15 nitrogen and oxygen atoms in total. The molecule has 5 amide bonds. The Morgan fingerprint density at radius 3 is 2.25 bits per heavy atom. The Labute approximate surface area is 279 Å². The zero-order chi connectivity index (χ0) is 35.5. The third-order valence-electron chi connectivity index (χ3n) is 7.86. The standard InChI is InChI=1S/C33H43N7O8/c1-7-21(17-41)36-30(44)26-14-22(48-33(47)37-24-11-9-8-10-23(24)20(6)42)16-40(26)32(46)28(19(4)5)39-31(45)27(18(2)3)38-29(43)25-15-34-12-13-35-25/h8-13,15,17-19,21-22,26-28H,7,14,16H2,1-6H3,(H,36,44)(H,37,47)(H,38,43)(H,39,45)/t21?,22-,26+,27-,28-/m1/s1. The molecule has 15 heteroatoms. The molecule has 2 aromatic rings. The van der Waals surface area contributed by atoms with Gasteiger partial charge < -0.3 is 30.4 Å². The van der Waals surface area contributed by atoms with E-state index in [0.29, 0.717) is 12.7 Å². The molecule has 1 unspecified atom stereocenters. The van der Waals surface area contributed by atoms with Crippen LogP contribution in [0.3, 0.4) is 0 Å². The number of nitrogens with one attached hydrogen (secondary N) is 4. The van der Waals surface area contributed by atoms with Crippen LogP contribution in [0.2, 0.25) is 0 Å². The fraction of sp³-hybridized carbons (Fsp3) is 0.485. The lowest BCUT2D eigenvalue weighted by Crippen LogP contribution is -2.59. The van der Waals surface area contributed by atoms with Gasteiger partial charge in [0.05, 0.1) is 24.5 Å². The fourth-order valence-corrected chi connectivity index (χ4v) is 5.18. The first kappa shape index (κ1) is 37.2. The summed E-state index contributed by atoms with van der Waals surface area (Å²) in [6.45, 7) is 9.77. The highest BCUT2D eigenvalue weighted by atomic mass is 16.6. The second kappa shape index (κ2) is 17.1. The maximum Gasteiger partial charge on any atom is 0.411 e. The molecular formula is C33H43N7O8. The molecule has 5 atom stereocenters. The number of carbonyl (C=O) groups excluding carboxylic acids is 7. The minimum atomic E-state index is -1.13. The van der Waals surface area contributed by atoms with Crippen molar-refractivity contribution in [3.05, 3.63) is 54.1 Å². The summed E-state index contributed by atoms with van der Waals surface area (Å²) in [5.74, 6) is -3.59. The van der Waals surface area contributed by atoms with E-state index in [0.717, 1.165) is 0 Å². The molecule has 4 N–H and O–H groups in total. The molecule has 0 saturated carbocycles. The molecule has 2 heterocycles. The highest BCUT2D eigenvalue weighted by Crippen LogP contribution is 2.25. The lowest BCUT2D eigenvalue weighted by atomic mass is 9.98. The smallest absolute Gasteiger partial charge is 0.411 e. The van der Waals surface area contributed by atoms with E-state index in [2.05, 4.69) is 31.2 Å². The van der Waals surface area contributed by atoms with E-state index in [-0.39, 0.29) is 41.6 Å². The van der Waals surface area contributed by atoms with Crippen molar-refractivity contribution in [2.24, 2.45) is 11.8 Å². The van der Waals surface area contributed by atoms with Gasteiger partial charge in [-0.25, -0.2) is 9.78 Å². The topological polar surface area (TPSA) is 206 Å². The Kier molecular flexibility index (Phi) is 13.3. The van der Waals surface area contributed by atoms with E-state index in [1.54, 1.807) is 58.9 Å². The number of rotatable bonds is 14. The molecule has 1 aromatic heterocycles. The third kappa shape index (κ3) is 9.65. The van der Waals surface area contributed by atoms with Gasteiger partial charge in [0, 0.05) is 24.4 Å². The Hall–Kier alpha value is -5.21. The zero-order valence-electron chi connectivity index (χ0n) is 27.9. The van der Waals surface area contributed by atoms with Crippen LogP contribution in [0.4, 0.5) is 10.5 Å². The Morgan fingerprint density at radius 2 is 1.67 bits per heavy atom. The number of para-hydroxylation sites is 1. The number of Topliss-reactive ketones (excluding diaryl/α,β-unsaturated/α-hetero) is 1. The first-order valence-electron chi connectivity index (χ1n) is 15.8. The van der Waals surface area contributed by atoms with Gasteiger partial charge in [0.2, 0.25) is 17.7 Å². The van der Waals surface area contributed by atoms with Gasteiger partial charge in [0.15, 0.2) is 5.78 Å². The number of likely N-dealkylation sites (tertiary alicyclic amines) is 1. The molecule has 258 valence electrons. The van der Waals surface area contributed by atoms with Crippen LogP contribution in [0.1, 0.15) is 75.2 Å². The van der Waals surface area contributed by atoms with E-state index in [9.17, 15) is 33.6 Å². The van der Waals surface area contributed by atoms with Crippen LogP contribution in [0, 0.1) is 11.8 Å². The predicted molar refractivity (Wildman–Crippen MR) is 174 cm³/mol. The summed E-state index contributed by atoms with van der Waals surface area (Å²) < 4.78 is 5.59. The van der Waals surface area contributed by atoms with Crippen molar-refractivity contribution in [2.75, 3.05) is 11.9 Å². The predicted octanol–water partition coefficient (Wildman–Crippen LogP) is 1.89. The van der Waals surface area contributed by atoms with Crippen molar-refractivity contribution >= 4 is 47.5 Å². The summed E-state index contributed by atoms with van der Waals surface area (Å²) in [4.78, 5) is 99.2. The van der Waals surface area contributed by atoms with Crippen LogP contribution >= 0.6 is 0 Å².